The molecule has 0 spiro atoms. The largest absolute Gasteiger partial charge is 0.368 e. The maximum Gasteiger partial charge on any atom is 0.265 e. The number of benzene rings is 2. The summed E-state index contributed by atoms with van der Waals surface area (Å²) < 4.78 is 70.8. The Bertz CT molecular complexity index is 1540. The molecule has 12 heteroatoms. The van der Waals surface area contributed by atoms with Crippen LogP contribution in [-0.4, -0.2) is 23.4 Å². The molecule has 0 saturated heterocycles. The Morgan fingerprint density at radius 1 is 1.06 bits per heavy atom. The van der Waals surface area contributed by atoms with Gasteiger partial charge in [0.2, 0.25) is 5.95 Å². The molecule has 35 heavy (non-hydrogen) atoms. The molecule has 1 fully saturated rings. The summed E-state index contributed by atoms with van der Waals surface area (Å²) in [5.41, 5.74) is 6.08. The third-order valence-corrected chi connectivity index (χ3v) is 8.31. The van der Waals surface area contributed by atoms with Crippen LogP contribution in [0.4, 0.5) is 24.8 Å². The van der Waals surface area contributed by atoms with Crippen LogP contribution in [0.25, 0.3) is 21.8 Å². The molecule has 1 aliphatic rings. The Labute approximate surface area is 203 Å². The zero-order valence-electron chi connectivity index (χ0n) is 18.0. The second kappa shape index (κ2) is 8.93. The highest BCUT2D eigenvalue weighted by atomic mass is 32.2. The van der Waals surface area contributed by atoms with E-state index in [1.54, 1.807) is 6.07 Å². The minimum absolute atomic E-state index is 0.0268. The summed E-state index contributed by atoms with van der Waals surface area (Å²) in [6.45, 7) is 0. The van der Waals surface area contributed by atoms with Gasteiger partial charge in [0.05, 0.1) is 27.0 Å². The van der Waals surface area contributed by atoms with Gasteiger partial charge in [-0.15, -0.1) is 11.3 Å². The van der Waals surface area contributed by atoms with Crippen LogP contribution < -0.4 is 10.5 Å². The van der Waals surface area contributed by atoms with E-state index in [1.165, 1.54) is 35.7 Å². The summed E-state index contributed by atoms with van der Waals surface area (Å²) in [6, 6.07) is 7.74. The quantitative estimate of drug-likeness (QED) is 0.357. The van der Waals surface area contributed by atoms with Crippen LogP contribution in [0.2, 0.25) is 0 Å². The van der Waals surface area contributed by atoms with E-state index in [1.807, 2.05) is 4.72 Å². The molecule has 2 aromatic heterocycles. The number of sulfonamides is 1. The summed E-state index contributed by atoms with van der Waals surface area (Å²) in [6.07, 6.45) is 4.51. The van der Waals surface area contributed by atoms with E-state index < -0.39 is 38.1 Å². The molecule has 180 valence electrons. The van der Waals surface area contributed by atoms with Crippen molar-refractivity contribution < 1.29 is 21.6 Å². The lowest BCUT2D eigenvalue weighted by atomic mass is 9.86. The number of nitrogens with two attached hydrogens (primary N) is 1. The fourth-order valence-electron chi connectivity index (χ4n) is 3.70. The van der Waals surface area contributed by atoms with Crippen molar-refractivity contribution in [2.45, 2.75) is 30.1 Å². The van der Waals surface area contributed by atoms with Gasteiger partial charge >= 0.3 is 0 Å². The average Bonchev–Trinajstić information content (AvgIpc) is 3.20. The van der Waals surface area contributed by atoms with Gasteiger partial charge < -0.3 is 5.73 Å². The van der Waals surface area contributed by atoms with Crippen molar-refractivity contribution >= 4 is 33.0 Å². The molecule has 0 amide bonds. The number of anilines is 2. The molecule has 4 aromatic rings. The molecule has 0 atom stereocenters. The first kappa shape index (κ1) is 23.2. The van der Waals surface area contributed by atoms with Crippen molar-refractivity contribution in [2.24, 2.45) is 0 Å². The van der Waals surface area contributed by atoms with Crippen LogP contribution in [0.3, 0.4) is 0 Å². The van der Waals surface area contributed by atoms with Crippen molar-refractivity contribution in [1.82, 2.24) is 15.0 Å². The van der Waals surface area contributed by atoms with Crippen molar-refractivity contribution in [2.75, 3.05) is 10.5 Å². The topological polar surface area (TPSA) is 111 Å². The van der Waals surface area contributed by atoms with Gasteiger partial charge in [-0.2, -0.15) is 0 Å². The fourth-order valence-corrected chi connectivity index (χ4v) is 6.07. The third kappa shape index (κ3) is 4.46. The summed E-state index contributed by atoms with van der Waals surface area (Å²) in [7, 11) is -4.62. The number of nitrogen functional groups attached to an aromatic ring is 1. The Morgan fingerprint density at radius 2 is 1.86 bits per heavy atom. The van der Waals surface area contributed by atoms with E-state index in [9.17, 15) is 17.2 Å². The lowest BCUT2D eigenvalue weighted by Crippen LogP contribution is -2.16. The maximum absolute atomic E-state index is 15.7. The van der Waals surface area contributed by atoms with E-state index in [0.717, 1.165) is 30.3 Å². The second-order valence-corrected chi connectivity index (χ2v) is 10.7. The molecule has 2 heterocycles. The number of hydrogen-bond acceptors (Lipinski definition) is 7. The van der Waals surface area contributed by atoms with Gasteiger partial charge in [-0.05, 0) is 49.2 Å². The van der Waals surface area contributed by atoms with Gasteiger partial charge in [-0.3, -0.25) is 4.72 Å². The normalized spacial score (nSPS) is 14.0. The van der Waals surface area contributed by atoms with Crippen LogP contribution in [-0.2, 0) is 10.0 Å². The highest BCUT2D eigenvalue weighted by Crippen LogP contribution is 2.45. The number of nitrogens with zero attached hydrogens (tertiary/aromatic N) is 3. The van der Waals surface area contributed by atoms with E-state index in [4.69, 9.17) is 5.73 Å². The van der Waals surface area contributed by atoms with Crippen LogP contribution in [0.1, 0.15) is 30.2 Å². The number of hydrogen-bond donors (Lipinski definition) is 2. The van der Waals surface area contributed by atoms with Gasteiger partial charge in [-0.1, -0.05) is 12.5 Å². The predicted octanol–water partition coefficient (Wildman–Crippen LogP) is 5.33. The Balaban J connectivity index is 1.59. The van der Waals surface area contributed by atoms with Crippen LogP contribution in [0.5, 0.6) is 0 Å². The first-order chi connectivity index (χ1) is 16.7. The van der Waals surface area contributed by atoms with Gasteiger partial charge in [0.1, 0.15) is 16.5 Å². The van der Waals surface area contributed by atoms with E-state index in [0.29, 0.717) is 22.7 Å². The van der Waals surface area contributed by atoms with Crippen LogP contribution >= 0.6 is 11.3 Å². The number of rotatable bonds is 6. The van der Waals surface area contributed by atoms with Gasteiger partial charge in [0, 0.05) is 17.7 Å². The Hall–Kier alpha value is -3.51. The van der Waals surface area contributed by atoms with Gasteiger partial charge in [0.25, 0.3) is 10.0 Å². The predicted molar refractivity (Wildman–Crippen MR) is 127 cm³/mol. The monoisotopic (exact) mass is 517 g/mol. The molecule has 3 N–H and O–H groups in total. The molecule has 0 radical (unpaired) electrons. The van der Waals surface area contributed by atoms with E-state index >= 15 is 4.39 Å². The number of thiazole rings is 1. The first-order valence-corrected chi connectivity index (χ1v) is 12.9. The molecular formula is C23H18F3N5O2S2. The number of nitrogens with one attached hydrogen (secondary N) is 1. The van der Waals surface area contributed by atoms with E-state index in [-0.39, 0.29) is 23.1 Å². The molecular weight excluding hydrogens is 499 g/mol. The highest BCUT2D eigenvalue weighted by Gasteiger charge is 2.28. The molecule has 7 nitrogen and oxygen atoms in total. The highest BCUT2D eigenvalue weighted by molar-refractivity contribution is 7.92. The molecule has 0 aliphatic heterocycles. The van der Waals surface area contributed by atoms with Crippen molar-refractivity contribution in [3.8, 4) is 21.8 Å². The number of halogens is 3. The zero-order valence-corrected chi connectivity index (χ0v) is 19.6. The minimum Gasteiger partial charge on any atom is -0.368 e. The fraction of sp³-hybridized carbons (Fsp3) is 0.174. The van der Waals surface area contributed by atoms with Crippen LogP contribution in [0, 0.1) is 17.5 Å². The Kier molecular flexibility index (Phi) is 5.93. The summed E-state index contributed by atoms with van der Waals surface area (Å²) >= 11 is 1.37. The molecule has 1 aliphatic carbocycles. The standard InChI is InChI=1S/C23H18F3N5O2S2/c24-13-7-8-15(25)18(11-13)35(32,33)31-16-6-2-5-14(19(16)26)20-21(17-9-10-28-23(27)29-17)34-22(30-20)12-3-1-4-12/h2,5-12,31H,1,3-4H2,(H2,27,28,29). The van der Waals surface area contributed by atoms with Crippen molar-refractivity contribution in [3.05, 3.63) is 71.1 Å². The lowest BCUT2D eigenvalue weighted by molar-refractivity contribution is 0.418. The molecule has 0 bridgehead atoms. The molecule has 1 saturated carbocycles. The molecule has 0 unspecified atom stereocenters. The average molecular weight is 518 g/mol. The SMILES string of the molecule is Nc1nccc(-c2sc(C3CCC3)nc2-c2cccc(NS(=O)(=O)c3cc(F)ccc3F)c2F)n1. The summed E-state index contributed by atoms with van der Waals surface area (Å²) in [5.74, 6) is -2.72. The maximum atomic E-state index is 15.7. The minimum atomic E-state index is -4.62. The van der Waals surface area contributed by atoms with Crippen LogP contribution in [0.15, 0.2) is 53.6 Å². The van der Waals surface area contributed by atoms with Gasteiger partial charge in [-0.25, -0.2) is 36.5 Å². The Morgan fingerprint density at radius 3 is 2.57 bits per heavy atom. The second-order valence-electron chi connectivity index (χ2n) is 8.01. The smallest absolute Gasteiger partial charge is 0.265 e. The lowest BCUT2D eigenvalue weighted by Gasteiger charge is -2.22. The zero-order chi connectivity index (χ0) is 24.7. The van der Waals surface area contributed by atoms with E-state index in [2.05, 4.69) is 15.0 Å². The molecule has 2 aromatic carbocycles. The van der Waals surface area contributed by atoms with Gasteiger partial charge in [0.15, 0.2) is 5.82 Å². The number of aromatic nitrogens is 3. The van der Waals surface area contributed by atoms with Crippen molar-refractivity contribution in [1.29, 1.82) is 0 Å². The molecule has 5 rings (SSSR count). The van der Waals surface area contributed by atoms with Crippen molar-refractivity contribution in [3.63, 3.8) is 0 Å². The summed E-state index contributed by atoms with van der Waals surface area (Å²) in [4.78, 5) is 12.5. The first-order valence-electron chi connectivity index (χ1n) is 10.6. The summed E-state index contributed by atoms with van der Waals surface area (Å²) in [5, 5.41) is 0.825. The third-order valence-electron chi connectivity index (χ3n) is 5.69.